The van der Waals surface area contributed by atoms with Crippen LogP contribution in [0.25, 0.3) is 22.3 Å². The third kappa shape index (κ3) is 1.79. The van der Waals surface area contributed by atoms with Crippen molar-refractivity contribution in [2.24, 2.45) is 0 Å². The summed E-state index contributed by atoms with van der Waals surface area (Å²) in [6, 6.07) is 5.85. The molecule has 0 aliphatic rings. The van der Waals surface area contributed by atoms with Crippen LogP contribution in [-0.2, 0) is 0 Å². The fourth-order valence-corrected chi connectivity index (χ4v) is 1.92. The highest BCUT2D eigenvalue weighted by atomic mass is 15.1. The standard InChI is InChI=1S/C13H13N5/c1-2-14-13-16-7-5-11(18-13)10-8-17-12-9(10)4-3-6-15-12/h3-8H,2H2,1H3,(H,15,17)(H,14,16,18). The van der Waals surface area contributed by atoms with Gasteiger partial charge in [-0.3, -0.25) is 0 Å². The minimum Gasteiger partial charge on any atom is -0.354 e. The number of fused-ring (bicyclic) bond motifs is 1. The molecule has 0 radical (unpaired) electrons. The first kappa shape index (κ1) is 10.7. The quantitative estimate of drug-likeness (QED) is 0.736. The van der Waals surface area contributed by atoms with Crippen molar-refractivity contribution < 1.29 is 0 Å². The summed E-state index contributed by atoms with van der Waals surface area (Å²) in [4.78, 5) is 16.1. The predicted octanol–water partition coefficient (Wildman–Crippen LogP) is 2.45. The Bertz CT molecular complexity index is 674. The lowest BCUT2D eigenvalue weighted by atomic mass is 10.1. The summed E-state index contributed by atoms with van der Waals surface area (Å²) in [5, 5.41) is 4.18. The van der Waals surface area contributed by atoms with E-state index in [1.165, 1.54) is 0 Å². The van der Waals surface area contributed by atoms with Gasteiger partial charge >= 0.3 is 0 Å². The molecule has 0 saturated heterocycles. The number of rotatable bonds is 3. The SMILES string of the molecule is CCNc1nccc(-c2c[nH]c3ncccc23)n1. The third-order valence-corrected chi connectivity index (χ3v) is 2.72. The number of pyridine rings is 1. The first-order valence-electron chi connectivity index (χ1n) is 5.88. The molecular weight excluding hydrogens is 226 g/mol. The maximum atomic E-state index is 4.49. The van der Waals surface area contributed by atoms with Gasteiger partial charge in [-0.25, -0.2) is 15.0 Å². The zero-order valence-corrected chi connectivity index (χ0v) is 10.0. The highest BCUT2D eigenvalue weighted by Gasteiger charge is 2.08. The molecule has 0 spiro atoms. The Kier molecular flexibility index (Phi) is 2.64. The zero-order valence-electron chi connectivity index (χ0n) is 10.0. The fourth-order valence-electron chi connectivity index (χ4n) is 1.92. The lowest BCUT2D eigenvalue weighted by molar-refractivity contribution is 1.09. The maximum absolute atomic E-state index is 4.49. The largest absolute Gasteiger partial charge is 0.354 e. The zero-order chi connectivity index (χ0) is 12.4. The molecule has 0 bridgehead atoms. The molecule has 0 amide bonds. The number of hydrogen-bond acceptors (Lipinski definition) is 4. The molecular formula is C13H13N5. The number of aromatic amines is 1. The van der Waals surface area contributed by atoms with Gasteiger partial charge in [0.1, 0.15) is 5.65 Å². The van der Waals surface area contributed by atoms with Gasteiger partial charge in [0.05, 0.1) is 5.69 Å². The third-order valence-electron chi connectivity index (χ3n) is 2.72. The van der Waals surface area contributed by atoms with Crippen LogP contribution in [-0.4, -0.2) is 26.5 Å². The van der Waals surface area contributed by atoms with Gasteiger partial charge in [0.15, 0.2) is 0 Å². The molecule has 5 nitrogen and oxygen atoms in total. The number of nitrogens with one attached hydrogen (secondary N) is 2. The summed E-state index contributed by atoms with van der Waals surface area (Å²) in [6.45, 7) is 2.82. The lowest BCUT2D eigenvalue weighted by Gasteiger charge is -2.03. The molecule has 0 atom stereocenters. The van der Waals surface area contributed by atoms with Crippen molar-refractivity contribution in [1.82, 2.24) is 19.9 Å². The van der Waals surface area contributed by atoms with Gasteiger partial charge in [-0.15, -0.1) is 0 Å². The van der Waals surface area contributed by atoms with Crippen molar-refractivity contribution in [3.63, 3.8) is 0 Å². The highest BCUT2D eigenvalue weighted by molar-refractivity contribution is 5.92. The number of hydrogen-bond donors (Lipinski definition) is 2. The lowest BCUT2D eigenvalue weighted by Crippen LogP contribution is -2.01. The molecule has 5 heteroatoms. The highest BCUT2D eigenvalue weighted by Crippen LogP contribution is 2.25. The second kappa shape index (κ2) is 4.44. The Labute approximate surface area is 104 Å². The number of H-pyrrole nitrogens is 1. The molecule has 2 N–H and O–H groups in total. The van der Waals surface area contributed by atoms with Crippen LogP contribution in [0.2, 0.25) is 0 Å². The molecule has 0 aliphatic heterocycles. The van der Waals surface area contributed by atoms with Crippen molar-refractivity contribution in [3.8, 4) is 11.3 Å². The average Bonchev–Trinajstić information content (AvgIpc) is 2.83. The maximum Gasteiger partial charge on any atom is 0.223 e. The Morgan fingerprint density at radius 2 is 2.17 bits per heavy atom. The van der Waals surface area contributed by atoms with Crippen LogP contribution >= 0.6 is 0 Å². The van der Waals surface area contributed by atoms with Crippen LogP contribution in [0.3, 0.4) is 0 Å². The van der Waals surface area contributed by atoms with Crippen molar-refractivity contribution >= 4 is 17.0 Å². The molecule has 90 valence electrons. The fraction of sp³-hybridized carbons (Fsp3) is 0.154. The van der Waals surface area contributed by atoms with Gasteiger partial charge < -0.3 is 10.3 Å². The van der Waals surface area contributed by atoms with E-state index in [0.29, 0.717) is 5.95 Å². The molecule has 0 aromatic carbocycles. The van der Waals surface area contributed by atoms with E-state index in [4.69, 9.17) is 0 Å². The van der Waals surface area contributed by atoms with E-state index in [2.05, 4.69) is 25.3 Å². The normalized spacial score (nSPS) is 10.7. The molecule has 0 aliphatic carbocycles. The van der Waals surface area contributed by atoms with E-state index >= 15 is 0 Å². The molecule has 18 heavy (non-hydrogen) atoms. The van der Waals surface area contributed by atoms with E-state index in [1.807, 2.05) is 31.3 Å². The van der Waals surface area contributed by atoms with Gasteiger partial charge in [-0.05, 0) is 25.1 Å². The van der Waals surface area contributed by atoms with Gasteiger partial charge in [0.2, 0.25) is 5.95 Å². The topological polar surface area (TPSA) is 66.5 Å². The molecule has 0 fully saturated rings. The Morgan fingerprint density at radius 3 is 3.06 bits per heavy atom. The second-order valence-electron chi connectivity index (χ2n) is 3.90. The molecule has 3 rings (SSSR count). The minimum absolute atomic E-state index is 0.647. The molecule has 3 heterocycles. The second-order valence-corrected chi connectivity index (χ2v) is 3.90. The predicted molar refractivity (Wildman–Crippen MR) is 71.3 cm³/mol. The number of nitrogens with zero attached hydrogens (tertiary/aromatic N) is 3. The summed E-state index contributed by atoms with van der Waals surface area (Å²) < 4.78 is 0. The summed E-state index contributed by atoms with van der Waals surface area (Å²) in [5.74, 6) is 0.647. The summed E-state index contributed by atoms with van der Waals surface area (Å²) in [6.07, 6.45) is 5.46. The van der Waals surface area contributed by atoms with Crippen LogP contribution in [0.4, 0.5) is 5.95 Å². The van der Waals surface area contributed by atoms with Crippen molar-refractivity contribution in [3.05, 3.63) is 36.8 Å². The Hall–Kier alpha value is -2.43. The van der Waals surface area contributed by atoms with Crippen molar-refractivity contribution in [2.75, 3.05) is 11.9 Å². The smallest absolute Gasteiger partial charge is 0.223 e. The monoisotopic (exact) mass is 239 g/mol. The minimum atomic E-state index is 0.647. The van der Waals surface area contributed by atoms with Crippen LogP contribution in [0.5, 0.6) is 0 Å². The van der Waals surface area contributed by atoms with Crippen LogP contribution < -0.4 is 5.32 Å². The van der Waals surface area contributed by atoms with Gasteiger partial charge in [-0.2, -0.15) is 0 Å². The number of aromatic nitrogens is 4. The Balaban J connectivity index is 2.11. The summed E-state index contributed by atoms with van der Waals surface area (Å²) >= 11 is 0. The van der Waals surface area contributed by atoms with Crippen molar-refractivity contribution in [2.45, 2.75) is 6.92 Å². The molecule has 3 aromatic rings. The van der Waals surface area contributed by atoms with Crippen LogP contribution in [0, 0.1) is 0 Å². The van der Waals surface area contributed by atoms with Gasteiger partial charge in [0.25, 0.3) is 0 Å². The van der Waals surface area contributed by atoms with Gasteiger partial charge in [0, 0.05) is 36.1 Å². The van der Waals surface area contributed by atoms with E-state index in [9.17, 15) is 0 Å². The van der Waals surface area contributed by atoms with E-state index in [0.717, 1.165) is 28.8 Å². The first-order chi connectivity index (χ1) is 8.88. The van der Waals surface area contributed by atoms with Crippen LogP contribution in [0.1, 0.15) is 6.92 Å². The van der Waals surface area contributed by atoms with E-state index in [1.54, 1.807) is 12.4 Å². The summed E-state index contributed by atoms with van der Waals surface area (Å²) in [7, 11) is 0. The average molecular weight is 239 g/mol. The number of anilines is 1. The molecule has 0 saturated carbocycles. The molecule has 3 aromatic heterocycles. The first-order valence-corrected chi connectivity index (χ1v) is 5.88. The van der Waals surface area contributed by atoms with Crippen molar-refractivity contribution in [1.29, 1.82) is 0 Å². The van der Waals surface area contributed by atoms with Crippen LogP contribution in [0.15, 0.2) is 36.8 Å². The summed E-state index contributed by atoms with van der Waals surface area (Å²) in [5.41, 5.74) is 2.80. The molecule has 0 unspecified atom stereocenters. The Morgan fingerprint density at radius 1 is 1.22 bits per heavy atom. The van der Waals surface area contributed by atoms with E-state index < -0.39 is 0 Å². The van der Waals surface area contributed by atoms with Gasteiger partial charge in [-0.1, -0.05) is 0 Å². The van der Waals surface area contributed by atoms with E-state index in [-0.39, 0.29) is 0 Å².